The molecule has 0 aromatic heterocycles. The van der Waals surface area contributed by atoms with E-state index >= 15 is 0 Å². The third kappa shape index (κ3) is 4.47. The molecule has 4 nitrogen and oxygen atoms in total. The van der Waals surface area contributed by atoms with Crippen LogP contribution in [0.3, 0.4) is 0 Å². The van der Waals surface area contributed by atoms with Crippen LogP contribution in [-0.2, 0) is 0 Å². The molecule has 1 aliphatic rings. The highest BCUT2D eigenvalue weighted by Gasteiger charge is 2.23. The van der Waals surface area contributed by atoms with Gasteiger partial charge < -0.3 is 4.90 Å². The Kier molecular flexibility index (Phi) is 5.51. The Morgan fingerprint density at radius 1 is 0.880 bits per heavy atom. The van der Waals surface area contributed by atoms with E-state index in [9.17, 15) is 9.59 Å². The number of rotatable bonds is 4. The van der Waals surface area contributed by atoms with Crippen molar-refractivity contribution in [2.75, 3.05) is 32.7 Å². The molecule has 25 heavy (non-hydrogen) atoms. The Hall–Kier alpha value is -2.17. The summed E-state index contributed by atoms with van der Waals surface area (Å²) in [5.41, 5.74) is 2.53. The van der Waals surface area contributed by atoms with E-state index < -0.39 is 0 Å². The zero-order valence-electron chi connectivity index (χ0n) is 14.2. The van der Waals surface area contributed by atoms with Crippen LogP contribution >= 0.6 is 11.6 Å². The van der Waals surface area contributed by atoms with Crippen LogP contribution in [0.2, 0.25) is 5.02 Å². The predicted molar refractivity (Wildman–Crippen MR) is 99.3 cm³/mol. The lowest BCUT2D eigenvalue weighted by Gasteiger charge is -2.34. The number of aryl methyl sites for hydroxylation is 1. The zero-order valence-corrected chi connectivity index (χ0v) is 15.0. The first kappa shape index (κ1) is 17.6. The van der Waals surface area contributed by atoms with Gasteiger partial charge in [0.15, 0.2) is 5.78 Å². The van der Waals surface area contributed by atoms with E-state index in [4.69, 9.17) is 11.6 Å². The van der Waals surface area contributed by atoms with Gasteiger partial charge in [-0.2, -0.15) is 0 Å². The topological polar surface area (TPSA) is 40.6 Å². The molecule has 1 aliphatic heterocycles. The van der Waals surface area contributed by atoms with Crippen molar-refractivity contribution >= 4 is 23.3 Å². The van der Waals surface area contributed by atoms with Crippen LogP contribution in [0, 0.1) is 6.92 Å². The molecule has 0 aliphatic carbocycles. The third-order valence-corrected chi connectivity index (χ3v) is 4.74. The fourth-order valence-corrected chi connectivity index (χ4v) is 3.04. The van der Waals surface area contributed by atoms with Crippen LogP contribution < -0.4 is 0 Å². The average molecular weight is 357 g/mol. The van der Waals surface area contributed by atoms with E-state index in [0.29, 0.717) is 43.3 Å². The first-order valence-corrected chi connectivity index (χ1v) is 8.78. The van der Waals surface area contributed by atoms with E-state index in [2.05, 4.69) is 4.90 Å². The molecule has 1 saturated heterocycles. The summed E-state index contributed by atoms with van der Waals surface area (Å²) in [6.45, 7) is 5.06. The molecular formula is C20H21ClN2O2. The summed E-state index contributed by atoms with van der Waals surface area (Å²) in [7, 11) is 0. The number of carbonyl (C=O) groups excluding carboxylic acids is 2. The average Bonchev–Trinajstić information content (AvgIpc) is 2.63. The lowest BCUT2D eigenvalue weighted by atomic mass is 10.1. The number of Topliss-reactive ketones (excluding diaryl/α,β-unsaturated/α-hetero) is 1. The standard InChI is InChI=1S/C20H21ClN2O2/c1-15-2-4-17(5-3-15)20(25)23-12-10-22(11-13-23)14-19(24)16-6-8-18(21)9-7-16/h2-9H,10-14H2,1H3. The minimum Gasteiger partial charge on any atom is -0.336 e. The number of amides is 1. The van der Waals surface area contributed by atoms with Crippen LogP contribution in [0.5, 0.6) is 0 Å². The van der Waals surface area contributed by atoms with Crippen molar-refractivity contribution in [2.24, 2.45) is 0 Å². The lowest BCUT2D eigenvalue weighted by molar-refractivity contribution is 0.0624. The Labute approximate surface area is 153 Å². The molecule has 2 aromatic carbocycles. The monoisotopic (exact) mass is 356 g/mol. The van der Waals surface area contributed by atoms with E-state index in [1.807, 2.05) is 36.1 Å². The molecular weight excluding hydrogens is 336 g/mol. The molecule has 1 amide bonds. The van der Waals surface area contributed by atoms with Crippen molar-refractivity contribution < 1.29 is 9.59 Å². The molecule has 1 fully saturated rings. The van der Waals surface area contributed by atoms with E-state index in [0.717, 1.165) is 11.1 Å². The fourth-order valence-electron chi connectivity index (χ4n) is 2.92. The number of carbonyl (C=O) groups is 2. The maximum atomic E-state index is 12.5. The molecule has 0 radical (unpaired) electrons. The highest BCUT2D eigenvalue weighted by molar-refractivity contribution is 6.30. The molecule has 0 saturated carbocycles. The quantitative estimate of drug-likeness (QED) is 0.789. The number of hydrogen-bond acceptors (Lipinski definition) is 3. The number of nitrogens with zero attached hydrogens (tertiary/aromatic N) is 2. The summed E-state index contributed by atoms with van der Waals surface area (Å²) in [5, 5.41) is 0.625. The van der Waals surface area contributed by atoms with Gasteiger partial charge in [-0.25, -0.2) is 0 Å². The lowest BCUT2D eigenvalue weighted by Crippen LogP contribution is -2.49. The normalized spacial score (nSPS) is 15.2. The number of ketones is 1. The molecule has 2 aromatic rings. The van der Waals surface area contributed by atoms with Gasteiger partial charge in [-0.15, -0.1) is 0 Å². The smallest absolute Gasteiger partial charge is 0.253 e. The predicted octanol–water partition coefficient (Wildman–Crippen LogP) is 3.29. The molecule has 1 heterocycles. The Morgan fingerprint density at radius 3 is 2.04 bits per heavy atom. The summed E-state index contributed by atoms with van der Waals surface area (Å²) >= 11 is 5.85. The minimum absolute atomic E-state index is 0.0590. The van der Waals surface area contributed by atoms with Crippen LogP contribution in [-0.4, -0.2) is 54.2 Å². The van der Waals surface area contributed by atoms with Gasteiger partial charge in [-0.3, -0.25) is 14.5 Å². The van der Waals surface area contributed by atoms with E-state index in [-0.39, 0.29) is 11.7 Å². The number of piperazine rings is 1. The summed E-state index contributed by atoms with van der Waals surface area (Å²) in [6, 6.07) is 14.6. The van der Waals surface area contributed by atoms with Gasteiger partial charge in [0.25, 0.3) is 5.91 Å². The first-order valence-electron chi connectivity index (χ1n) is 8.40. The Bertz CT molecular complexity index is 748. The Morgan fingerprint density at radius 2 is 1.44 bits per heavy atom. The van der Waals surface area contributed by atoms with Crippen LogP contribution in [0.15, 0.2) is 48.5 Å². The van der Waals surface area contributed by atoms with E-state index in [1.165, 1.54) is 0 Å². The second-order valence-corrected chi connectivity index (χ2v) is 6.80. The van der Waals surface area contributed by atoms with Crippen molar-refractivity contribution in [3.05, 3.63) is 70.2 Å². The molecule has 0 spiro atoms. The fraction of sp³-hybridized carbons (Fsp3) is 0.300. The molecule has 0 atom stereocenters. The van der Waals surface area contributed by atoms with Gasteiger partial charge in [0.05, 0.1) is 6.54 Å². The number of halogens is 1. The van der Waals surface area contributed by atoms with E-state index in [1.54, 1.807) is 24.3 Å². The van der Waals surface area contributed by atoms with Crippen LogP contribution in [0.4, 0.5) is 0 Å². The maximum Gasteiger partial charge on any atom is 0.253 e. The molecule has 0 N–H and O–H groups in total. The van der Waals surface area contributed by atoms with Gasteiger partial charge in [0.2, 0.25) is 0 Å². The van der Waals surface area contributed by atoms with Crippen LogP contribution in [0.25, 0.3) is 0 Å². The van der Waals surface area contributed by atoms with Crippen molar-refractivity contribution in [3.8, 4) is 0 Å². The Balaban J connectivity index is 1.53. The summed E-state index contributed by atoms with van der Waals surface area (Å²) in [6.07, 6.45) is 0. The SMILES string of the molecule is Cc1ccc(C(=O)N2CCN(CC(=O)c3ccc(Cl)cc3)CC2)cc1. The summed E-state index contributed by atoms with van der Waals surface area (Å²) in [4.78, 5) is 28.8. The van der Waals surface area contributed by atoms with Gasteiger partial charge >= 0.3 is 0 Å². The van der Waals surface area contributed by atoms with Gasteiger partial charge in [-0.05, 0) is 43.3 Å². The van der Waals surface area contributed by atoms with Crippen molar-refractivity contribution in [1.82, 2.24) is 9.80 Å². The second-order valence-electron chi connectivity index (χ2n) is 6.36. The van der Waals surface area contributed by atoms with Crippen LogP contribution in [0.1, 0.15) is 26.3 Å². The van der Waals surface area contributed by atoms with Crippen molar-refractivity contribution in [2.45, 2.75) is 6.92 Å². The first-order chi connectivity index (χ1) is 12.0. The number of benzene rings is 2. The highest BCUT2D eigenvalue weighted by Crippen LogP contribution is 2.13. The molecule has 0 unspecified atom stereocenters. The highest BCUT2D eigenvalue weighted by atomic mass is 35.5. The second kappa shape index (κ2) is 7.81. The molecule has 0 bridgehead atoms. The summed E-state index contributed by atoms with van der Waals surface area (Å²) < 4.78 is 0. The largest absolute Gasteiger partial charge is 0.336 e. The zero-order chi connectivity index (χ0) is 17.8. The summed E-state index contributed by atoms with van der Waals surface area (Å²) in [5.74, 6) is 0.138. The van der Waals surface area contributed by atoms with Gasteiger partial charge in [0, 0.05) is 42.3 Å². The van der Waals surface area contributed by atoms with Gasteiger partial charge in [0.1, 0.15) is 0 Å². The third-order valence-electron chi connectivity index (χ3n) is 4.49. The molecule has 130 valence electrons. The number of hydrogen-bond donors (Lipinski definition) is 0. The molecule has 3 rings (SSSR count). The van der Waals surface area contributed by atoms with Crippen molar-refractivity contribution in [1.29, 1.82) is 0 Å². The maximum absolute atomic E-state index is 12.5. The molecule has 5 heteroatoms. The van der Waals surface area contributed by atoms with Crippen molar-refractivity contribution in [3.63, 3.8) is 0 Å². The minimum atomic E-state index is 0.0590. The van der Waals surface area contributed by atoms with Gasteiger partial charge in [-0.1, -0.05) is 29.3 Å².